The highest BCUT2D eigenvalue weighted by atomic mass is 16.2. The number of hydrogen-bond donors (Lipinski definition) is 3. The summed E-state index contributed by atoms with van der Waals surface area (Å²) in [7, 11) is 0. The average molecular weight is 346 g/mol. The Balaban J connectivity index is 1.55. The molecule has 3 rings (SSSR count). The van der Waals surface area contributed by atoms with Crippen LogP contribution in [0.2, 0.25) is 0 Å². The highest BCUT2D eigenvalue weighted by Crippen LogP contribution is 2.12. The Kier molecular flexibility index (Phi) is 5.24. The molecule has 0 aliphatic heterocycles. The van der Waals surface area contributed by atoms with E-state index in [-0.39, 0.29) is 11.8 Å². The lowest BCUT2D eigenvalue weighted by molar-refractivity contribution is 0.0950. The number of rotatable bonds is 5. The summed E-state index contributed by atoms with van der Waals surface area (Å²) in [4.78, 5) is 28.1. The van der Waals surface area contributed by atoms with E-state index < -0.39 is 0 Å². The molecule has 2 amide bonds. The molecule has 2 aromatic carbocycles. The number of nitrogens with two attached hydrogens (primary N) is 1. The Labute approximate surface area is 151 Å². The summed E-state index contributed by atoms with van der Waals surface area (Å²) in [6.07, 6.45) is 3.13. The summed E-state index contributed by atoms with van der Waals surface area (Å²) in [5.41, 5.74) is 8.87. The lowest BCUT2D eigenvalue weighted by Crippen LogP contribution is -2.22. The second kappa shape index (κ2) is 7.94. The van der Waals surface area contributed by atoms with Gasteiger partial charge in [0, 0.05) is 35.9 Å². The third-order valence-electron chi connectivity index (χ3n) is 3.76. The number of pyridine rings is 1. The van der Waals surface area contributed by atoms with E-state index in [0.717, 1.165) is 5.56 Å². The fourth-order valence-corrected chi connectivity index (χ4v) is 2.33. The normalized spacial score (nSPS) is 10.2. The minimum atomic E-state index is -0.220. The van der Waals surface area contributed by atoms with Gasteiger partial charge in [0.25, 0.3) is 11.8 Å². The van der Waals surface area contributed by atoms with Crippen LogP contribution in [0.1, 0.15) is 26.3 Å². The standard InChI is InChI=1S/C20H18N4O2/c21-17-7-5-15(6-8-17)19(25)23-12-14-3-9-18(10-4-14)24-20(26)16-2-1-11-22-13-16/h1-11,13H,12,21H2,(H,23,25)(H,24,26). The van der Waals surface area contributed by atoms with Gasteiger partial charge in [0.05, 0.1) is 5.56 Å². The number of benzene rings is 2. The van der Waals surface area contributed by atoms with Crippen molar-refractivity contribution in [3.63, 3.8) is 0 Å². The van der Waals surface area contributed by atoms with Crippen molar-refractivity contribution in [3.8, 4) is 0 Å². The lowest BCUT2D eigenvalue weighted by Gasteiger charge is -2.08. The molecule has 26 heavy (non-hydrogen) atoms. The first-order valence-electron chi connectivity index (χ1n) is 8.06. The van der Waals surface area contributed by atoms with Gasteiger partial charge in [0.1, 0.15) is 0 Å². The number of carbonyl (C=O) groups is 2. The van der Waals surface area contributed by atoms with Crippen molar-refractivity contribution in [2.75, 3.05) is 11.1 Å². The summed E-state index contributed by atoms with van der Waals surface area (Å²) in [5, 5.41) is 5.65. The Bertz CT molecular complexity index is 891. The second-order valence-corrected chi connectivity index (χ2v) is 5.70. The number of anilines is 2. The predicted octanol–water partition coefficient (Wildman–Crippen LogP) is 2.85. The van der Waals surface area contributed by atoms with Crippen LogP contribution >= 0.6 is 0 Å². The molecule has 0 saturated heterocycles. The maximum absolute atomic E-state index is 12.1. The van der Waals surface area contributed by atoms with E-state index in [1.54, 1.807) is 54.7 Å². The summed E-state index contributed by atoms with van der Waals surface area (Å²) in [5.74, 6) is -0.388. The lowest BCUT2D eigenvalue weighted by atomic mass is 10.1. The van der Waals surface area contributed by atoms with Crippen LogP contribution in [0, 0.1) is 0 Å². The van der Waals surface area contributed by atoms with Gasteiger partial charge in [-0.25, -0.2) is 0 Å². The molecule has 0 aliphatic rings. The van der Waals surface area contributed by atoms with E-state index in [1.807, 2.05) is 12.1 Å². The average Bonchev–Trinajstić information content (AvgIpc) is 2.68. The van der Waals surface area contributed by atoms with Gasteiger partial charge in [0.2, 0.25) is 0 Å². The van der Waals surface area contributed by atoms with E-state index in [1.165, 1.54) is 6.20 Å². The molecule has 130 valence electrons. The number of aromatic nitrogens is 1. The van der Waals surface area contributed by atoms with Crippen LogP contribution in [0.25, 0.3) is 0 Å². The Morgan fingerprint density at radius 3 is 2.27 bits per heavy atom. The smallest absolute Gasteiger partial charge is 0.257 e. The van der Waals surface area contributed by atoms with Gasteiger partial charge in [-0.3, -0.25) is 14.6 Å². The zero-order valence-electron chi connectivity index (χ0n) is 14.0. The van der Waals surface area contributed by atoms with Crippen LogP contribution in [-0.2, 0) is 6.54 Å². The highest BCUT2D eigenvalue weighted by molar-refractivity contribution is 6.04. The molecule has 0 saturated carbocycles. The molecule has 0 bridgehead atoms. The van der Waals surface area contributed by atoms with Gasteiger partial charge >= 0.3 is 0 Å². The van der Waals surface area contributed by atoms with Gasteiger partial charge in [-0.15, -0.1) is 0 Å². The van der Waals surface area contributed by atoms with E-state index in [9.17, 15) is 9.59 Å². The van der Waals surface area contributed by atoms with Crippen LogP contribution < -0.4 is 16.4 Å². The molecule has 0 fully saturated rings. The number of hydrogen-bond acceptors (Lipinski definition) is 4. The molecular formula is C20H18N4O2. The van der Waals surface area contributed by atoms with Gasteiger partial charge in [-0.1, -0.05) is 12.1 Å². The minimum Gasteiger partial charge on any atom is -0.399 e. The first-order valence-corrected chi connectivity index (χ1v) is 8.06. The summed E-state index contributed by atoms with van der Waals surface area (Å²) in [6.45, 7) is 0.389. The monoisotopic (exact) mass is 346 g/mol. The van der Waals surface area contributed by atoms with Gasteiger partial charge in [-0.2, -0.15) is 0 Å². The van der Waals surface area contributed by atoms with Crippen molar-refractivity contribution >= 4 is 23.2 Å². The molecule has 0 aliphatic carbocycles. The zero-order chi connectivity index (χ0) is 18.4. The zero-order valence-corrected chi connectivity index (χ0v) is 14.0. The van der Waals surface area contributed by atoms with Crippen LogP contribution in [-0.4, -0.2) is 16.8 Å². The minimum absolute atomic E-state index is 0.168. The maximum atomic E-state index is 12.1. The number of nitrogen functional groups attached to an aromatic ring is 1. The van der Waals surface area contributed by atoms with Gasteiger partial charge in [0.15, 0.2) is 0 Å². The summed E-state index contributed by atoms with van der Waals surface area (Å²) < 4.78 is 0. The molecule has 0 spiro atoms. The largest absolute Gasteiger partial charge is 0.399 e. The summed E-state index contributed by atoms with van der Waals surface area (Å²) in [6, 6.07) is 17.4. The molecule has 1 aromatic heterocycles. The van der Waals surface area contributed by atoms with Crippen LogP contribution in [0.15, 0.2) is 73.1 Å². The van der Waals surface area contributed by atoms with E-state index in [2.05, 4.69) is 15.6 Å². The van der Waals surface area contributed by atoms with Gasteiger partial charge in [-0.05, 0) is 54.1 Å². The van der Waals surface area contributed by atoms with E-state index in [4.69, 9.17) is 5.73 Å². The fraction of sp³-hybridized carbons (Fsp3) is 0.0500. The molecule has 0 atom stereocenters. The molecule has 3 aromatic rings. The van der Waals surface area contributed by atoms with Gasteiger partial charge < -0.3 is 16.4 Å². The second-order valence-electron chi connectivity index (χ2n) is 5.70. The molecule has 0 radical (unpaired) electrons. The molecule has 0 unspecified atom stereocenters. The molecule has 4 N–H and O–H groups in total. The van der Waals surface area contributed by atoms with Crippen molar-refractivity contribution in [3.05, 3.63) is 89.7 Å². The Morgan fingerprint density at radius 2 is 1.62 bits per heavy atom. The van der Waals surface area contributed by atoms with E-state index in [0.29, 0.717) is 29.0 Å². The topological polar surface area (TPSA) is 97.1 Å². The molecule has 6 nitrogen and oxygen atoms in total. The van der Waals surface area contributed by atoms with Crippen molar-refractivity contribution in [2.45, 2.75) is 6.54 Å². The predicted molar refractivity (Wildman–Crippen MR) is 101 cm³/mol. The SMILES string of the molecule is Nc1ccc(C(=O)NCc2ccc(NC(=O)c3cccnc3)cc2)cc1. The highest BCUT2D eigenvalue weighted by Gasteiger charge is 2.07. The third kappa shape index (κ3) is 4.45. The number of nitrogens with one attached hydrogen (secondary N) is 2. The third-order valence-corrected chi connectivity index (χ3v) is 3.76. The fourth-order valence-electron chi connectivity index (χ4n) is 2.33. The first kappa shape index (κ1) is 17.2. The number of nitrogens with zero attached hydrogens (tertiary/aromatic N) is 1. The van der Waals surface area contributed by atoms with Crippen LogP contribution in [0.4, 0.5) is 11.4 Å². The number of carbonyl (C=O) groups excluding carboxylic acids is 2. The van der Waals surface area contributed by atoms with Crippen molar-refractivity contribution in [2.24, 2.45) is 0 Å². The Hall–Kier alpha value is -3.67. The molecule has 6 heteroatoms. The van der Waals surface area contributed by atoms with Crippen LogP contribution in [0.5, 0.6) is 0 Å². The maximum Gasteiger partial charge on any atom is 0.257 e. The molecular weight excluding hydrogens is 328 g/mol. The van der Waals surface area contributed by atoms with Crippen molar-refractivity contribution in [1.82, 2.24) is 10.3 Å². The molecule has 1 heterocycles. The Morgan fingerprint density at radius 1 is 0.885 bits per heavy atom. The summed E-state index contributed by atoms with van der Waals surface area (Å²) >= 11 is 0. The van der Waals surface area contributed by atoms with Crippen molar-refractivity contribution in [1.29, 1.82) is 0 Å². The van der Waals surface area contributed by atoms with Crippen LogP contribution in [0.3, 0.4) is 0 Å². The van der Waals surface area contributed by atoms with E-state index >= 15 is 0 Å². The quantitative estimate of drug-likeness (QED) is 0.619. The number of amides is 2. The van der Waals surface area contributed by atoms with Crippen molar-refractivity contribution < 1.29 is 9.59 Å². The first-order chi connectivity index (χ1) is 12.6.